The van der Waals surface area contributed by atoms with Crippen LogP contribution in [0.5, 0.6) is 0 Å². The summed E-state index contributed by atoms with van der Waals surface area (Å²) in [5.74, 6) is 1.15. The molecule has 0 aromatic carbocycles. The third-order valence-electron chi connectivity index (χ3n) is 1.99. The van der Waals surface area contributed by atoms with Crippen molar-refractivity contribution in [2.45, 2.75) is 0 Å². The fourth-order valence-corrected chi connectivity index (χ4v) is 1.43. The molecule has 1 aliphatic rings. The van der Waals surface area contributed by atoms with Crippen LogP contribution >= 0.6 is 0 Å². The first-order valence-electron chi connectivity index (χ1n) is 4.07. The number of hydrogen-bond donors (Lipinski definition) is 2. The highest BCUT2D eigenvalue weighted by molar-refractivity contribution is 5.78. The first-order valence-corrected chi connectivity index (χ1v) is 4.07. The maximum Gasteiger partial charge on any atom is 0.238 e. The molecule has 6 heteroatoms. The molecular weight excluding hydrogens is 180 g/mol. The molecule has 2 aromatic heterocycles. The number of nitrogens with one attached hydrogen (secondary N) is 2. The van der Waals surface area contributed by atoms with Crippen LogP contribution in [-0.2, 0) is 0 Å². The van der Waals surface area contributed by atoms with Crippen LogP contribution in [-0.4, -0.2) is 20.7 Å². The van der Waals surface area contributed by atoms with Crippen molar-refractivity contribution in [1.29, 1.82) is 5.41 Å². The van der Waals surface area contributed by atoms with Crippen molar-refractivity contribution >= 4 is 23.8 Å². The third kappa shape index (κ3) is 0.846. The van der Waals surface area contributed by atoms with E-state index in [0.29, 0.717) is 11.9 Å². The topological polar surface area (TPSA) is 78.4 Å². The van der Waals surface area contributed by atoms with E-state index in [2.05, 4.69) is 20.3 Å². The number of anilines is 1. The Morgan fingerprint density at radius 2 is 2.36 bits per heavy atom. The van der Waals surface area contributed by atoms with Gasteiger partial charge in [-0.25, -0.2) is 14.4 Å². The smallest absolute Gasteiger partial charge is 0.238 e. The fourth-order valence-electron chi connectivity index (χ4n) is 1.43. The lowest BCUT2D eigenvalue weighted by Crippen LogP contribution is -2.17. The van der Waals surface area contributed by atoms with E-state index >= 15 is 0 Å². The van der Waals surface area contributed by atoms with Gasteiger partial charge in [0.2, 0.25) is 11.9 Å². The molecule has 2 aromatic rings. The molecule has 0 atom stereocenters. The molecule has 1 aliphatic heterocycles. The predicted molar refractivity (Wildman–Crippen MR) is 50.6 cm³/mol. The van der Waals surface area contributed by atoms with Gasteiger partial charge >= 0.3 is 0 Å². The van der Waals surface area contributed by atoms with Gasteiger partial charge in [-0.05, 0) is 6.07 Å². The molecule has 68 valence electrons. The van der Waals surface area contributed by atoms with E-state index in [-0.39, 0.29) is 5.49 Å². The van der Waals surface area contributed by atoms with Gasteiger partial charge in [0.05, 0.1) is 11.9 Å². The molecule has 0 saturated carbocycles. The van der Waals surface area contributed by atoms with Crippen molar-refractivity contribution in [3.8, 4) is 0 Å². The van der Waals surface area contributed by atoms with E-state index in [4.69, 9.17) is 5.41 Å². The van der Waals surface area contributed by atoms with E-state index in [1.165, 1.54) is 6.34 Å². The lowest BCUT2D eigenvalue weighted by atomic mass is 10.4. The first-order chi connectivity index (χ1) is 6.84. The van der Waals surface area contributed by atoms with E-state index in [0.717, 1.165) is 5.52 Å². The van der Waals surface area contributed by atoms with Crippen molar-refractivity contribution in [2.24, 2.45) is 4.99 Å². The van der Waals surface area contributed by atoms with Gasteiger partial charge in [0.1, 0.15) is 0 Å². The molecule has 0 radical (unpaired) electrons. The van der Waals surface area contributed by atoms with Gasteiger partial charge in [0, 0.05) is 12.3 Å². The van der Waals surface area contributed by atoms with Gasteiger partial charge in [-0.2, -0.15) is 4.98 Å². The second-order valence-corrected chi connectivity index (χ2v) is 2.87. The van der Waals surface area contributed by atoms with Crippen LogP contribution in [0.2, 0.25) is 0 Å². The summed E-state index contributed by atoms with van der Waals surface area (Å²) >= 11 is 0. The second kappa shape index (κ2) is 2.38. The van der Waals surface area contributed by atoms with Gasteiger partial charge in [-0.3, -0.25) is 5.41 Å². The Balaban J connectivity index is 2.59. The molecule has 0 saturated heterocycles. The van der Waals surface area contributed by atoms with Crippen molar-refractivity contribution in [3.05, 3.63) is 23.8 Å². The quantitative estimate of drug-likeness (QED) is 0.620. The Kier molecular flexibility index (Phi) is 1.22. The molecule has 2 N–H and O–H groups in total. The van der Waals surface area contributed by atoms with Crippen LogP contribution in [0.4, 0.5) is 11.9 Å². The Morgan fingerprint density at radius 3 is 3.29 bits per heavy atom. The maximum absolute atomic E-state index is 7.49. The molecule has 0 fully saturated rings. The molecule has 0 amide bonds. The average Bonchev–Trinajstić information content (AvgIpc) is 2.18. The Labute approximate surface area is 78.5 Å². The SMILES string of the molecule is N=c1cc2ccnc3n2c(n1)NC=N3. The molecule has 0 spiro atoms. The van der Waals surface area contributed by atoms with Gasteiger partial charge < -0.3 is 5.32 Å². The summed E-state index contributed by atoms with van der Waals surface area (Å²) in [6.45, 7) is 0. The normalized spacial score (nSPS) is 12.9. The highest BCUT2D eigenvalue weighted by Crippen LogP contribution is 2.17. The zero-order chi connectivity index (χ0) is 9.54. The molecule has 0 aliphatic carbocycles. The minimum Gasteiger partial charge on any atom is -0.316 e. The molecule has 0 bridgehead atoms. The highest BCUT2D eigenvalue weighted by Gasteiger charge is 2.08. The van der Waals surface area contributed by atoms with Crippen LogP contribution < -0.4 is 10.8 Å². The van der Waals surface area contributed by atoms with Crippen molar-refractivity contribution in [3.63, 3.8) is 0 Å². The first kappa shape index (κ1) is 7.19. The van der Waals surface area contributed by atoms with Gasteiger partial charge in [-0.1, -0.05) is 0 Å². The van der Waals surface area contributed by atoms with E-state index < -0.39 is 0 Å². The summed E-state index contributed by atoms with van der Waals surface area (Å²) in [4.78, 5) is 12.2. The molecule has 3 rings (SSSR count). The number of aromatic nitrogens is 3. The Hall–Kier alpha value is -2.24. The fraction of sp³-hybridized carbons (Fsp3) is 0. The van der Waals surface area contributed by atoms with Crippen molar-refractivity contribution in [2.75, 3.05) is 5.32 Å². The number of hydrogen-bond acceptors (Lipinski definition) is 5. The van der Waals surface area contributed by atoms with Crippen LogP contribution in [0.15, 0.2) is 23.3 Å². The highest BCUT2D eigenvalue weighted by atomic mass is 15.3. The summed E-state index contributed by atoms with van der Waals surface area (Å²) in [6, 6.07) is 3.48. The lowest BCUT2D eigenvalue weighted by Gasteiger charge is -2.12. The largest absolute Gasteiger partial charge is 0.316 e. The third-order valence-corrected chi connectivity index (χ3v) is 1.99. The van der Waals surface area contributed by atoms with E-state index in [1.807, 2.05) is 6.07 Å². The van der Waals surface area contributed by atoms with E-state index in [9.17, 15) is 0 Å². The predicted octanol–water partition coefficient (Wildman–Crippen LogP) is 0.294. The van der Waals surface area contributed by atoms with Gasteiger partial charge in [0.15, 0.2) is 5.49 Å². The van der Waals surface area contributed by atoms with Crippen LogP contribution in [0.3, 0.4) is 0 Å². The summed E-state index contributed by atoms with van der Waals surface area (Å²) < 4.78 is 1.76. The monoisotopic (exact) mass is 186 g/mol. The summed E-state index contributed by atoms with van der Waals surface area (Å²) in [7, 11) is 0. The average molecular weight is 186 g/mol. The minimum atomic E-state index is 0.222. The lowest BCUT2D eigenvalue weighted by molar-refractivity contribution is 0.967. The number of rotatable bonds is 0. The molecule has 6 nitrogen and oxygen atoms in total. The zero-order valence-electron chi connectivity index (χ0n) is 7.10. The molecular formula is C8H6N6. The molecule has 0 unspecified atom stereocenters. The van der Waals surface area contributed by atoms with Crippen LogP contribution in [0.25, 0.3) is 5.52 Å². The Bertz CT molecular complexity index is 596. The van der Waals surface area contributed by atoms with E-state index in [1.54, 1.807) is 16.7 Å². The maximum atomic E-state index is 7.49. The number of aliphatic imine (C=N–C) groups is 1. The summed E-state index contributed by atoms with van der Waals surface area (Å²) in [5, 5.41) is 10.4. The van der Waals surface area contributed by atoms with Gasteiger partial charge in [-0.15, -0.1) is 0 Å². The molecule has 3 heterocycles. The standard InChI is InChI=1S/C8H6N6/c9-6-3-5-1-2-10-7-11-4-12-8(13-6)14(5)7/h1-4H,(H2,9,10,11,12,13). The zero-order valence-corrected chi connectivity index (χ0v) is 7.10. The number of nitrogens with zero attached hydrogens (tertiary/aromatic N) is 4. The molecule has 14 heavy (non-hydrogen) atoms. The minimum absolute atomic E-state index is 0.222. The Morgan fingerprint density at radius 1 is 1.43 bits per heavy atom. The van der Waals surface area contributed by atoms with Crippen molar-refractivity contribution in [1.82, 2.24) is 14.4 Å². The summed E-state index contributed by atoms with van der Waals surface area (Å²) in [5.41, 5.74) is 1.08. The van der Waals surface area contributed by atoms with Crippen molar-refractivity contribution < 1.29 is 0 Å². The van der Waals surface area contributed by atoms with Crippen LogP contribution in [0.1, 0.15) is 0 Å². The van der Waals surface area contributed by atoms with Gasteiger partial charge in [0.25, 0.3) is 0 Å². The second-order valence-electron chi connectivity index (χ2n) is 2.87. The summed E-state index contributed by atoms with van der Waals surface area (Å²) in [6.07, 6.45) is 3.18. The van der Waals surface area contributed by atoms with Crippen LogP contribution in [0, 0.1) is 5.41 Å².